The van der Waals surface area contributed by atoms with Gasteiger partial charge in [-0.05, 0) is 54.7 Å². The lowest BCUT2D eigenvalue weighted by Crippen LogP contribution is -2.32. The quantitative estimate of drug-likeness (QED) is 0.442. The topological polar surface area (TPSA) is 54.3 Å². The van der Waals surface area contributed by atoms with Crippen LogP contribution in [0.4, 0.5) is 5.69 Å². The lowest BCUT2D eigenvalue weighted by atomic mass is 10.2. The third-order valence-electron chi connectivity index (χ3n) is 3.42. The summed E-state index contributed by atoms with van der Waals surface area (Å²) in [6.07, 6.45) is 2.98. The van der Waals surface area contributed by atoms with E-state index in [0.29, 0.717) is 5.76 Å². The van der Waals surface area contributed by atoms with E-state index in [-0.39, 0.29) is 11.0 Å². The fraction of sp³-hybridized carbons (Fsp3) is 0. The molecule has 3 aromatic rings. The molecule has 0 aliphatic rings. The summed E-state index contributed by atoms with van der Waals surface area (Å²) in [5, 5.41) is 5.77. The molecule has 4 nitrogen and oxygen atoms in total. The van der Waals surface area contributed by atoms with Gasteiger partial charge in [0.05, 0.1) is 0 Å². The third-order valence-corrected chi connectivity index (χ3v) is 4.16. The lowest BCUT2D eigenvalue weighted by Gasteiger charge is -2.07. The minimum absolute atomic E-state index is 0.228. The van der Waals surface area contributed by atoms with Crippen LogP contribution in [0.2, 0.25) is 0 Å². The van der Waals surface area contributed by atoms with Crippen molar-refractivity contribution in [1.29, 1.82) is 0 Å². The van der Waals surface area contributed by atoms with Crippen molar-refractivity contribution in [3.8, 4) is 11.3 Å². The summed E-state index contributed by atoms with van der Waals surface area (Å²) in [5.41, 5.74) is 1.78. The van der Waals surface area contributed by atoms with E-state index in [2.05, 4.69) is 26.6 Å². The predicted octanol–water partition coefficient (Wildman–Crippen LogP) is 5.24. The molecule has 0 fully saturated rings. The molecule has 2 aromatic carbocycles. The molecule has 6 heteroatoms. The van der Waals surface area contributed by atoms with E-state index in [9.17, 15) is 4.79 Å². The van der Waals surface area contributed by atoms with Gasteiger partial charge in [-0.25, -0.2) is 0 Å². The van der Waals surface area contributed by atoms with Crippen molar-refractivity contribution in [2.45, 2.75) is 0 Å². The molecule has 0 bridgehead atoms. The van der Waals surface area contributed by atoms with Gasteiger partial charge < -0.3 is 9.73 Å². The number of thiocarbonyl (C=S) groups is 1. The first-order chi connectivity index (χ1) is 12.6. The molecule has 1 heterocycles. The molecule has 1 aromatic heterocycles. The van der Waals surface area contributed by atoms with Gasteiger partial charge in [0.2, 0.25) is 5.91 Å². The summed E-state index contributed by atoms with van der Waals surface area (Å²) in [6.45, 7) is 0. The van der Waals surface area contributed by atoms with Gasteiger partial charge in [0.15, 0.2) is 5.11 Å². The monoisotopic (exact) mass is 426 g/mol. The van der Waals surface area contributed by atoms with E-state index in [1.54, 1.807) is 6.08 Å². The Balaban J connectivity index is 1.55. The fourth-order valence-corrected chi connectivity index (χ4v) is 2.69. The van der Waals surface area contributed by atoms with Crippen LogP contribution in [0, 0.1) is 0 Å². The van der Waals surface area contributed by atoms with E-state index in [4.69, 9.17) is 16.6 Å². The number of hydrogen-bond acceptors (Lipinski definition) is 3. The molecule has 0 spiro atoms. The molecule has 0 aliphatic carbocycles. The van der Waals surface area contributed by atoms with Crippen molar-refractivity contribution in [1.82, 2.24) is 5.32 Å². The molecular formula is C20H15BrN2O2S. The highest BCUT2D eigenvalue weighted by atomic mass is 79.9. The molecule has 26 heavy (non-hydrogen) atoms. The Bertz CT molecular complexity index is 934. The van der Waals surface area contributed by atoms with Crippen LogP contribution < -0.4 is 10.6 Å². The van der Waals surface area contributed by atoms with Crippen molar-refractivity contribution in [2.24, 2.45) is 0 Å². The molecule has 0 saturated heterocycles. The number of amides is 1. The van der Waals surface area contributed by atoms with Gasteiger partial charge in [0.25, 0.3) is 0 Å². The molecule has 2 N–H and O–H groups in total. The Morgan fingerprint density at radius 3 is 2.46 bits per heavy atom. The Kier molecular flexibility index (Phi) is 5.99. The van der Waals surface area contributed by atoms with E-state index in [0.717, 1.165) is 21.5 Å². The summed E-state index contributed by atoms with van der Waals surface area (Å²) in [4.78, 5) is 12.0. The van der Waals surface area contributed by atoms with Gasteiger partial charge in [-0.1, -0.05) is 46.3 Å². The Labute approximate surface area is 165 Å². The highest BCUT2D eigenvalue weighted by molar-refractivity contribution is 9.10. The number of halogens is 1. The zero-order valence-electron chi connectivity index (χ0n) is 13.6. The van der Waals surface area contributed by atoms with Crippen LogP contribution >= 0.6 is 28.1 Å². The molecule has 1 amide bonds. The first kappa shape index (κ1) is 18.1. The van der Waals surface area contributed by atoms with E-state index in [1.807, 2.05) is 66.7 Å². The number of rotatable bonds is 4. The molecular weight excluding hydrogens is 412 g/mol. The smallest absolute Gasteiger partial charge is 0.250 e. The second-order valence-corrected chi connectivity index (χ2v) is 6.68. The largest absolute Gasteiger partial charge is 0.457 e. The van der Waals surface area contributed by atoms with Crippen LogP contribution in [0.5, 0.6) is 0 Å². The summed E-state index contributed by atoms with van der Waals surface area (Å²) < 4.78 is 6.68. The highest BCUT2D eigenvalue weighted by Crippen LogP contribution is 2.22. The van der Waals surface area contributed by atoms with Gasteiger partial charge in [0.1, 0.15) is 11.5 Å². The maximum atomic E-state index is 12.0. The number of carbonyl (C=O) groups is 1. The number of anilines is 1. The lowest BCUT2D eigenvalue weighted by molar-refractivity contribution is -0.115. The van der Waals surface area contributed by atoms with Gasteiger partial charge in [-0.3, -0.25) is 10.1 Å². The van der Waals surface area contributed by atoms with Gasteiger partial charge in [-0.15, -0.1) is 0 Å². The second-order valence-electron chi connectivity index (χ2n) is 5.35. The van der Waals surface area contributed by atoms with Crippen LogP contribution in [-0.2, 0) is 4.79 Å². The third kappa shape index (κ3) is 5.15. The summed E-state index contributed by atoms with van der Waals surface area (Å²) >= 11 is 8.49. The van der Waals surface area contributed by atoms with Crippen molar-refractivity contribution in [2.75, 3.05) is 5.32 Å². The Morgan fingerprint density at radius 2 is 1.73 bits per heavy atom. The van der Waals surface area contributed by atoms with Crippen molar-refractivity contribution in [3.05, 3.63) is 83.0 Å². The second kappa shape index (κ2) is 8.60. The van der Waals surface area contributed by atoms with E-state index in [1.165, 1.54) is 6.08 Å². The van der Waals surface area contributed by atoms with Gasteiger partial charge >= 0.3 is 0 Å². The normalized spacial score (nSPS) is 10.7. The molecule has 3 rings (SSSR count). The average Bonchev–Trinajstić information content (AvgIpc) is 3.12. The number of hydrogen-bond donors (Lipinski definition) is 2. The average molecular weight is 427 g/mol. The first-order valence-electron chi connectivity index (χ1n) is 7.81. The van der Waals surface area contributed by atoms with Crippen molar-refractivity contribution in [3.63, 3.8) is 0 Å². The number of carbonyl (C=O) groups excluding carboxylic acids is 1. The Hall–Kier alpha value is -2.70. The van der Waals surface area contributed by atoms with Gasteiger partial charge in [0, 0.05) is 21.8 Å². The minimum Gasteiger partial charge on any atom is -0.457 e. The zero-order chi connectivity index (χ0) is 18.4. The summed E-state index contributed by atoms with van der Waals surface area (Å²) in [6, 6.07) is 20.9. The zero-order valence-corrected chi connectivity index (χ0v) is 16.0. The molecule has 0 aliphatic heterocycles. The summed E-state index contributed by atoms with van der Waals surface area (Å²) in [7, 11) is 0. The van der Waals surface area contributed by atoms with Crippen LogP contribution in [0.3, 0.4) is 0 Å². The maximum absolute atomic E-state index is 12.0. The van der Waals surface area contributed by atoms with Crippen LogP contribution in [-0.4, -0.2) is 11.0 Å². The summed E-state index contributed by atoms with van der Waals surface area (Å²) in [5.74, 6) is 1.00. The number of nitrogens with one attached hydrogen (secondary N) is 2. The molecule has 130 valence electrons. The van der Waals surface area contributed by atoms with E-state index < -0.39 is 0 Å². The number of benzene rings is 2. The van der Waals surface area contributed by atoms with Crippen LogP contribution in [0.15, 0.2) is 81.7 Å². The van der Waals surface area contributed by atoms with Crippen LogP contribution in [0.1, 0.15) is 5.76 Å². The SMILES string of the molecule is O=C(/C=C/c1ccc(-c2ccccc2)o1)NC(=S)Nc1ccc(Br)cc1. The minimum atomic E-state index is -0.336. The van der Waals surface area contributed by atoms with Crippen molar-refractivity contribution >= 4 is 50.9 Å². The maximum Gasteiger partial charge on any atom is 0.250 e. The molecule has 0 saturated carbocycles. The molecule has 0 unspecified atom stereocenters. The predicted molar refractivity (Wildman–Crippen MR) is 112 cm³/mol. The fourth-order valence-electron chi connectivity index (χ4n) is 2.21. The molecule has 0 atom stereocenters. The number of furan rings is 1. The molecule has 0 radical (unpaired) electrons. The van der Waals surface area contributed by atoms with Crippen molar-refractivity contribution < 1.29 is 9.21 Å². The van der Waals surface area contributed by atoms with E-state index >= 15 is 0 Å². The highest BCUT2D eigenvalue weighted by Gasteiger charge is 2.04. The Morgan fingerprint density at radius 1 is 1.00 bits per heavy atom. The van der Waals surface area contributed by atoms with Crippen LogP contribution in [0.25, 0.3) is 17.4 Å². The van der Waals surface area contributed by atoms with Gasteiger partial charge in [-0.2, -0.15) is 0 Å². The standard InChI is InChI=1S/C20H15BrN2O2S/c21-15-6-8-16(9-7-15)22-20(26)23-19(24)13-11-17-10-12-18(25-17)14-4-2-1-3-5-14/h1-13H,(H2,22,23,24,26)/b13-11+. The first-order valence-corrected chi connectivity index (χ1v) is 9.01.